The maximum Gasteiger partial charge on any atom is 0.0543 e. The van der Waals surface area contributed by atoms with Gasteiger partial charge < -0.3 is 14.7 Å². The molecule has 4 heteroatoms. The molecule has 0 amide bonds. The zero-order valence-corrected chi connectivity index (χ0v) is 18.0. The molecule has 0 N–H and O–H groups in total. The van der Waals surface area contributed by atoms with Gasteiger partial charge in [-0.05, 0) is 61.2 Å². The second-order valence-corrected chi connectivity index (χ2v) is 10.2. The van der Waals surface area contributed by atoms with Crippen molar-refractivity contribution < 1.29 is 0 Å². The van der Waals surface area contributed by atoms with Crippen molar-refractivity contribution in [3.8, 4) is 0 Å². The SMILES string of the molecule is c1ccc2c(c1)CCN2CCCN1CCC2C(C1)c1cccc3c1N2CCCS3. The summed E-state index contributed by atoms with van der Waals surface area (Å²) in [5.41, 5.74) is 6.25. The first kappa shape index (κ1) is 18.1. The minimum atomic E-state index is 0.713. The van der Waals surface area contributed by atoms with Gasteiger partial charge in [-0.2, -0.15) is 0 Å². The largest absolute Gasteiger partial charge is 0.371 e. The summed E-state index contributed by atoms with van der Waals surface area (Å²) >= 11 is 2.08. The molecule has 0 spiro atoms. The molecule has 6 rings (SSSR count). The second-order valence-electron chi connectivity index (χ2n) is 9.07. The Labute approximate surface area is 179 Å². The molecule has 2 aromatic rings. The van der Waals surface area contributed by atoms with Crippen LogP contribution in [0.25, 0.3) is 0 Å². The normalized spacial score (nSPS) is 25.5. The maximum atomic E-state index is 2.79. The van der Waals surface area contributed by atoms with Crippen LogP contribution in [-0.2, 0) is 6.42 Å². The van der Waals surface area contributed by atoms with E-state index in [9.17, 15) is 0 Å². The van der Waals surface area contributed by atoms with Crippen LogP contribution in [0.2, 0.25) is 0 Å². The van der Waals surface area contributed by atoms with E-state index in [1.807, 2.05) is 0 Å². The van der Waals surface area contributed by atoms with Crippen molar-refractivity contribution >= 4 is 23.1 Å². The molecular formula is C25H31N3S. The summed E-state index contributed by atoms with van der Waals surface area (Å²) < 4.78 is 0. The van der Waals surface area contributed by atoms with E-state index in [4.69, 9.17) is 0 Å². The first-order chi connectivity index (χ1) is 14.4. The molecule has 4 aliphatic rings. The van der Waals surface area contributed by atoms with Gasteiger partial charge in [0.05, 0.1) is 5.69 Å². The Bertz CT molecular complexity index is 897. The van der Waals surface area contributed by atoms with Crippen molar-refractivity contribution in [3.05, 3.63) is 53.6 Å². The van der Waals surface area contributed by atoms with Crippen LogP contribution < -0.4 is 9.80 Å². The number of benzene rings is 2. The Morgan fingerprint density at radius 1 is 0.966 bits per heavy atom. The number of likely N-dealkylation sites (tertiary alicyclic amines) is 1. The Kier molecular flexibility index (Phi) is 4.73. The number of fused-ring (bicyclic) bond motifs is 4. The lowest BCUT2D eigenvalue weighted by Gasteiger charge is -2.39. The number of hydrogen-bond donors (Lipinski definition) is 0. The zero-order valence-electron chi connectivity index (χ0n) is 17.2. The van der Waals surface area contributed by atoms with Crippen LogP contribution in [-0.4, -0.2) is 56.0 Å². The summed E-state index contributed by atoms with van der Waals surface area (Å²) in [4.78, 5) is 9.67. The number of anilines is 2. The molecule has 3 nitrogen and oxygen atoms in total. The summed E-state index contributed by atoms with van der Waals surface area (Å²) in [6, 6.07) is 16.8. The van der Waals surface area contributed by atoms with Crippen LogP contribution in [0.5, 0.6) is 0 Å². The number of rotatable bonds is 4. The van der Waals surface area contributed by atoms with Crippen LogP contribution in [0.15, 0.2) is 47.4 Å². The first-order valence-electron chi connectivity index (χ1n) is 11.5. The van der Waals surface area contributed by atoms with Gasteiger partial charge in [0, 0.05) is 55.3 Å². The fourth-order valence-electron chi connectivity index (χ4n) is 6.14. The lowest BCUT2D eigenvalue weighted by atomic mass is 9.89. The van der Waals surface area contributed by atoms with Crippen molar-refractivity contribution in [3.63, 3.8) is 0 Å². The Morgan fingerprint density at radius 2 is 1.93 bits per heavy atom. The van der Waals surface area contributed by atoms with Gasteiger partial charge in [0.25, 0.3) is 0 Å². The predicted octanol–water partition coefficient (Wildman–Crippen LogP) is 4.61. The van der Waals surface area contributed by atoms with Crippen molar-refractivity contribution in [2.75, 3.05) is 54.8 Å². The average molecular weight is 406 g/mol. The second kappa shape index (κ2) is 7.55. The molecule has 0 radical (unpaired) electrons. The predicted molar refractivity (Wildman–Crippen MR) is 124 cm³/mol. The van der Waals surface area contributed by atoms with E-state index >= 15 is 0 Å². The van der Waals surface area contributed by atoms with Crippen molar-refractivity contribution in [1.29, 1.82) is 0 Å². The molecule has 0 bridgehead atoms. The highest BCUT2D eigenvalue weighted by atomic mass is 32.2. The maximum absolute atomic E-state index is 2.79. The smallest absolute Gasteiger partial charge is 0.0543 e. The van der Waals surface area contributed by atoms with E-state index in [1.54, 1.807) is 11.3 Å². The third-order valence-corrected chi connectivity index (χ3v) is 8.60. The van der Waals surface area contributed by atoms with Crippen LogP contribution in [0.3, 0.4) is 0 Å². The molecule has 0 aliphatic carbocycles. The van der Waals surface area contributed by atoms with Gasteiger partial charge >= 0.3 is 0 Å². The van der Waals surface area contributed by atoms with Gasteiger partial charge in [0.2, 0.25) is 0 Å². The van der Waals surface area contributed by atoms with Crippen LogP contribution in [0, 0.1) is 0 Å². The molecule has 4 heterocycles. The third-order valence-electron chi connectivity index (χ3n) is 7.46. The van der Waals surface area contributed by atoms with Crippen LogP contribution >= 0.6 is 11.8 Å². The lowest BCUT2D eigenvalue weighted by molar-refractivity contribution is 0.192. The van der Waals surface area contributed by atoms with Gasteiger partial charge in [-0.15, -0.1) is 11.8 Å². The molecule has 0 aromatic heterocycles. The van der Waals surface area contributed by atoms with Crippen molar-refractivity contribution in [2.45, 2.75) is 42.5 Å². The summed E-state index contributed by atoms with van der Waals surface area (Å²) in [5.74, 6) is 1.99. The van der Waals surface area contributed by atoms with Crippen LogP contribution in [0.4, 0.5) is 11.4 Å². The molecular weight excluding hydrogens is 374 g/mol. The summed E-state index contributed by atoms with van der Waals surface area (Å²) in [6.07, 6.45) is 5.15. The fourth-order valence-corrected chi connectivity index (χ4v) is 7.18. The zero-order chi connectivity index (χ0) is 19.2. The van der Waals surface area contributed by atoms with E-state index in [0.29, 0.717) is 5.92 Å². The number of thioether (sulfide) groups is 1. The highest BCUT2D eigenvalue weighted by molar-refractivity contribution is 7.99. The molecule has 2 aromatic carbocycles. The van der Waals surface area contributed by atoms with Gasteiger partial charge in [0.1, 0.15) is 0 Å². The van der Waals surface area contributed by atoms with E-state index in [0.717, 1.165) is 6.04 Å². The molecule has 4 aliphatic heterocycles. The fraction of sp³-hybridized carbons (Fsp3) is 0.520. The highest BCUT2D eigenvalue weighted by Crippen LogP contribution is 2.50. The standard InChI is InChI=1S/C25H31N3S/c1-2-8-22-19(6-1)10-16-27(22)13-4-12-26-15-11-23-21(18-26)20-7-3-9-24-25(20)28(23)14-5-17-29-24/h1-3,6-9,21,23H,4-5,10-18H2. The topological polar surface area (TPSA) is 9.72 Å². The number of piperidine rings is 1. The Morgan fingerprint density at radius 3 is 2.93 bits per heavy atom. The highest BCUT2D eigenvalue weighted by Gasteiger charge is 2.43. The number of hydrogen-bond acceptors (Lipinski definition) is 4. The van der Waals surface area contributed by atoms with E-state index in [1.165, 1.54) is 86.9 Å². The minimum absolute atomic E-state index is 0.713. The number of nitrogens with zero attached hydrogens (tertiary/aromatic N) is 3. The molecule has 29 heavy (non-hydrogen) atoms. The lowest BCUT2D eigenvalue weighted by Crippen LogP contribution is -2.47. The Balaban J connectivity index is 1.11. The van der Waals surface area contributed by atoms with E-state index in [2.05, 4.69) is 68.9 Å². The van der Waals surface area contributed by atoms with Gasteiger partial charge in [-0.1, -0.05) is 30.3 Å². The van der Waals surface area contributed by atoms with Gasteiger partial charge in [0.15, 0.2) is 0 Å². The minimum Gasteiger partial charge on any atom is -0.371 e. The molecule has 2 unspecified atom stereocenters. The van der Waals surface area contributed by atoms with Gasteiger partial charge in [-0.25, -0.2) is 0 Å². The average Bonchev–Trinajstić information content (AvgIpc) is 3.22. The molecule has 1 saturated heterocycles. The quantitative estimate of drug-likeness (QED) is 0.734. The van der Waals surface area contributed by atoms with E-state index < -0.39 is 0 Å². The number of para-hydroxylation sites is 2. The molecule has 1 fully saturated rings. The van der Waals surface area contributed by atoms with Crippen molar-refractivity contribution in [1.82, 2.24) is 4.90 Å². The monoisotopic (exact) mass is 405 g/mol. The summed E-state index contributed by atoms with van der Waals surface area (Å²) in [7, 11) is 0. The van der Waals surface area contributed by atoms with Crippen molar-refractivity contribution in [2.24, 2.45) is 0 Å². The Hall–Kier alpha value is -1.65. The first-order valence-corrected chi connectivity index (χ1v) is 12.4. The van der Waals surface area contributed by atoms with Crippen LogP contribution in [0.1, 0.15) is 36.3 Å². The molecule has 0 saturated carbocycles. The summed E-state index contributed by atoms with van der Waals surface area (Å²) in [5, 5.41) is 0. The van der Waals surface area contributed by atoms with E-state index in [-0.39, 0.29) is 0 Å². The third kappa shape index (κ3) is 3.16. The summed E-state index contributed by atoms with van der Waals surface area (Å²) in [6.45, 7) is 7.42. The molecule has 152 valence electrons. The molecule has 2 atom stereocenters. The van der Waals surface area contributed by atoms with Gasteiger partial charge in [-0.3, -0.25) is 0 Å².